The lowest BCUT2D eigenvalue weighted by atomic mass is 10.1. The molecule has 4 aromatic rings. The number of fused-ring (bicyclic) bond motifs is 1. The first-order chi connectivity index (χ1) is 16.9. The number of aromatic amines is 1. The number of hydrogen-bond acceptors (Lipinski definition) is 7. The molecule has 1 aromatic carbocycles. The van der Waals surface area contributed by atoms with Gasteiger partial charge in [-0.05, 0) is 42.8 Å². The van der Waals surface area contributed by atoms with Gasteiger partial charge in [0.15, 0.2) is 0 Å². The highest BCUT2D eigenvalue weighted by Gasteiger charge is 2.19. The van der Waals surface area contributed by atoms with Crippen LogP contribution in [0.1, 0.15) is 23.3 Å². The number of carbonyl (C=O) groups excluding carboxylic acids is 2. The maximum absolute atomic E-state index is 12.2. The van der Waals surface area contributed by atoms with Crippen LogP contribution >= 0.6 is 0 Å². The van der Waals surface area contributed by atoms with Gasteiger partial charge in [0, 0.05) is 55.6 Å². The van der Waals surface area contributed by atoms with E-state index in [-0.39, 0.29) is 17.9 Å². The summed E-state index contributed by atoms with van der Waals surface area (Å²) in [6, 6.07) is 13.0. The number of anilines is 2. The van der Waals surface area contributed by atoms with E-state index in [4.69, 9.17) is 4.74 Å². The molecule has 178 valence electrons. The number of pyridine rings is 1. The SMILES string of the molecule is CN(C)C(=O)c1cc2cc(Nc3nccc(-c4cc(O[C@H]5CCC(=O)NC5)ccn4)n3)ccc2[nH]1. The molecule has 1 fully saturated rings. The van der Waals surface area contributed by atoms with Gasteiger partial charge in [0.25, 0.3) is 5.91 Å². The van der Waals surface area contributed by atoms with E-state index < -0.39 is 0 Å². The minimum atomic E-state index is -0.0845. The summed E-state index contributed by atoms with van der Waals surface area (Å²) >= 11 is 0. The molecule has 10 heteroatoms. The van der Waals surface area contributed by atoms with Crippen LogP contribution in [0.3, 0.4) is 0 Å². The first-order valence-corrected chi connectivity index (χ1v) is 11.3. The molecule has 10 nitrogen and oxygen atoms in total. The number of nitrogens with zero attached hydrogens (tertiary/aromatic N) is 4. The standard InChI is InChI=1S/C25H25N7O3/c1-32(2)24(34)22-12-15-11-16(3-5-19(15)30-22)29-25-27-10-8-20(31-25)21-13-17(7-9-26-21)35-18-4-6-23(33)28-14-18/h3,5,7-13,18,30H,4,6,14H2,1-2H3,(H,28,33)(H,27,29,31)/t18-/m0/s1. The molecule has 0 spiro atoms. The van der Waals surface area contributed by atoms with Crippen LogP contribution in [0.5, 0.6) is 5.75 Å². The van der Waals surface area contributed by atoms with Gasteiger partial charge in [0.2, 0.25) is 11.9 Å². The second-order valence-corrected chi connectivity index (χ2v) is 8.53. The quantitative estimate of drug-likeness (QED) is 0.395. The van der Waals surface area contributed by atoms with E-state index >= 15 is 0 Å². The molecule has 0 unspecified atom stereocenters. The third kappa shape index (κ3) is 5.06. The third-order valence-corrected chi connectivity index (χ3v) is 5.69. The number of carbonyl (C=O) groups is 2. The topological polar surface area (TPSA) is 125 Å². The molecule has 35 heavy (non-hydrogen) atoms. The van der Waals surface area contributed by atoms with Gasteiger partial charge in [0.05, 0.1) is 17.9 Å². The van der Waals surface area contributed by atoms with Gasteiger partial charge in [-0.25, -0.2) is 9.97 Å². The van der Waals surface area contributed by atoms with E-state index in [9.17, 15) is 9.59 Å². The molecule has 1 saturated heterocycles. The fourth-order valence-electron chi connectivity index (χ4n) is 3.88. The smallest absolute Gasteiger partial charge is 0.269 e. The van der Waals surface area contributed by atoms with Crippen molar-refractivity contribution in [3.63, 3.8) is 0 Å². The van der Waals surface area contributed by atoms with Crippen LogP contribution in [-0.2, 0) is 4.79 Å². The summed E-state index contributed by atoms with van der Waals surface area (Å²) in [5.74, 6) is 1.06. The summed E-state index contributed by atoms with van der Waals surface area (Å²) in [5, 5.41) is 6.95. The molecular formula is C25H25N7O3. The average molecular weight is 472 g/mol. The van der Waals surface area contributed by atoms with Crippen LogP contribution in [-0.4, -0.2) is 63.4 Å². The van der Waals surface area contributed by atoms with Crippen LogP contribution in [0.25, 0.3) is 22.3 Å². The lowest BCUT2D eigenvalue weighted by Crippen LogP contribution is -2.40. The first-order valence-electron chi connectivity index (χ1n) is 11.3. The fourth-order valence-corrected chi connectivity index (χ4v) is 3.88. The van der Waals surface area contributed by atoms with Crippen molar-refractivity contribution < 1.29 is 14.3 Å². The molecular weight excluding hydrogens is 446 g/mol. The van der Waals surface area contributed by atoms with E-state index in [1.165, 1.54) is 4.90 Å². The first kappa shape index (κ1) is 22.3. The van der Waals surface area contributed by atoms with Crippen LogP contribution in [0.2, 0.25) is 0 Å². The predicted molar refractivity (Wildman–Crippen MR) is 132 cm³/mol. The molecule has 3 aromatic heterocycles. The summed E-state index contributed by atoms with van der Waals surface area (Å²) in [5.41, 5.74) is 3.49. The monoisotopic (exact) mass is 471 g/mol. The Morgan fingerprint density at radius 3 is 2.74 bits per heavy atom. The van der Waals surface area contributed by atoms with Crippen molar-refractivity contribution in [2.75, 3.05) is 26.0 Å². The van der Waals surface area contributed by atoms with Crippen LogP contribution in [0, 0.1) is 0 Å². The normalized spacial score (nSPS) is 15.5. The molecule has 0 saturated carbocycles. The molecule has 1 aliphatic rings. The minimum absolute atomic E-state index is 0.0550. The van der Waals surface area contributed by atoms with Crippen molar-refractivity contribution in [1.82, 2.24) is 30.2 Å². The Labute approximate surface area is 201 Å². The highest BCUT2D eigenvalue weighted by molar-refractivity contribution is 5.98. The molecule has 4 heterocycles. The molecule has 2 amide bonds. The highest BCUT2D eigenvalue weighted by atomic mass is 16.5. The number of hydrogen-bond donors (Lipinski definition) is 3. The number of ether oxygens (including phenoxy) is 1. The van der Waals surface area contributed by atoms with Crippen LogP contribution in [0.4, 0.5) is 11.6 Å². The number of aromatic nitrogens is 4. The molecule has 1 atom stereocenters. The van der Waals surface area contributed by atoms with E-state index in [0.717, 1.165) is 16.6 Å². The number of piperidine rings is 1. The van der Waals surface area contributed by atoms with E-state index in [2.05, 4.69) is 30.6 Å². The van der Waals surface area contributed by atoms with Crippen molar-refractivity contribution in [1.29, 1.82) is 0 Å². The Morgan fingerprint density at radius 2 is 1.94 bits per heavy atom. The van der Waals surface area contributed by atoms with Gasteiger partial charge in [-0.3, -0.25) is 14.6 Å². The third-order valence-electron chi connectivity index (χ3n) is 5.69. The Morgan fingerprint density at radius 1 is 1.09 bits per heavy atom. The second-order valence-electron chi connectivity index (χ2n) is 8.53. The maximum Gasteiger partial charge on any atom is 0.269 e. The molecule has 0 bridgehead atoms. The lowest BCUT2D eigenvalue weighted by molar-refractivity contribution is -0.123. The number of rotatable bonds is 6. The number of H-pyrrole nitrogens is 1. The summed E-state index contributed by atoms with van der Waals surface area (Å²) in [6.07, 6.45) is 4.42. The zero-order valence-electron chi connectivity index (χ0n) is 19.4. The molecule has 0 radical (unpaired) electrons. The van der Waals surface area contributed by atoms with Crippen molar-refractivity contribution in [3.05, 3.63) is 60.6 Å². The van der Waals surface area contributed by atoms with E-state index in [1.54, 1.807) is 38.6 Å². The molecule has 5 rings (SSSR count). The maximum atomic E-state index is 12.2. The summed E-state index contributed by atoms with van der Waals surface area (Å²) < 4.78 is 6.02. The zero-order valence-corrected chi connectivity index (χ0v) is 19.4. The molecule has 0 aliphatic carbocycles. The highest BCUT2D eigenvalue weighted by Crippen LogP contribution is 2.25. The lowest BCUT2D eigenvalue weighted by Gasteiger charge is -2.23. The largest absolute Gasteiger partial charge is 0.488 e. The van der Waals surface area contributed by atoms with Gasteiger partial charge >= 0.3 is 0 Å². The van der Waals surface area contributed by atoms with Gasteiger partial charge in [-0.15, -0.1) is 0 Å². The number of amides is 2. The minimum Gasteiger partial charge on any atom is -0.488 e. The van der Waals surface area contributed by atoms with Crippen molar-refractivity contribution in [2.45, 2.75) is 18.9 Å². The number of nitrogens with one attached hydrogen (secondary N) is 3. The van der Waals surface area contributed by atoms with Gasteiger partial charge in [0.1, 0.15) is 17.5 Å². The van der Waals surface area contributed by atoms with Gasteiger partial charge < -0.3 is 25.3 Å². The molecule has 3 N–H and O–H groups in total. The summed E-state index contributed by atoms with van der Waals surface area (Å²) in [6.45, 7) is 0.494. The molecule has 1 aliphatic heterocycles. The average Bonchev–Trinajstić information content (AvgIpc) is 3.29. The van der Waals surface area contributed by atoms with Crippen molar-refractivity contribution in [3.8, 4) is 17.1 Å². The Hall–Kier alpha value is -4.47. The van der Waals surface area contributed by atoms with Crippen LogP contribution < -0.4 is 15.4 Å². The Bertz CT molecular complexity index is 1390. The van der Waals surface area contributed by atoms with E-state index in [1.807, 2.05) is 30.3 Å². The summed E-state index contributed by atoms with van der Waals surface area (Å²) in [4.78, 5) is 41.6. The number of benzene rings is 1. The Balaban J connectivity index is 1.32. The van der Waals surface area contributed by atoms with Crippen LogP contribution in [0.15, 0.2) is 54.9 Å². The van der Waals surface area contributed by atoms with Gasteiger partial charge in [-0.2, -0.15) is 0 Å². The van der Waals surface area contributed by atoms with Crippen molar-refractivity contribution >= 4 is 34.4 Å². The Kier molecular flexibility index (Phi) is 6.01. The van der Waals surface area contributed by atoms with Crippen molar-refractivity contribution in [2.24, 2.45) is 0 Å². The summed E-state index contributed by atoms with van der Waals surface area (Å²) in [7, 11) is 3.44. The fraction of sp³-hybridized carbons (Fsp3) is 0.240. The second kappa shape index (κ2) is 9.41. The van der Waals surface area contributed by atoms with E-state index in [0.29, 0.717) is 48.2 Å². The predicted octanol–water partition coefficient (Wildman–Crippen LogP) is 3.12. The van der Waals surface area contributed by atoms with Gasteiger partial charge in [-0.1, -0.05) is 0 Å². The zero-order chi connectivity index (χ0) is 24.4.